The molecule has 0 aliphatic carbocycles. The zero-order chi connectivity index (χ0) is 17.6. The number of anilines is 1. The first-order chi connectivity index (χ1) is 12.2. The van der Waals surface area contributed by atoms with Gasteiger partial charge in [-0.15, -0.1) is 11.3 Å². The van der Waals surface area contributed by atoms with Crippen molar-refractivity contribution in [3.63, 3.8) is 0 Å². The fraction of sp³-hybridized carbons (Fsp3) is 0.632. The maximum atomic E-state index is 4.69. The lowest BCUT2D eigenvalue weighted by Crippen LogP contribution is -2.35. The first-order valence-corrected chi connectivity index (χ1v) is 10.3. The van der Waals surface area contributed by atoms with Gasteiger partial charge in [0.2, 0.25) is 0 Å². The number of aromatic nitrogens is 3. The quantitative estimate of drug-likeness (QED) is 0.817. The summed E-state index contributed by atoms with van der Waals surface area (Å²) in [6.07, 6.45) is 4.47. The van der Waals surface area contributed by atoms with E-state index in [0.29, 0.717) is 0 Å². The third-order valence-corrected chi connectivity index (χ3v) is 5.86. The molecule has 0 atom stereocenters. The molecule has 1 aliphatic heterocycles. The van der Waals surface area contributed by atoms with Crippen LogP contribution in [0.15, 0.2) is 11.4 Å². The van der Waals surface area contributed by atoms with E-state index < -0.39 is 0 Å². The van der Waals surface area contributed by atoms with E-state index >= 15 is 0 Å². The SMILES string of the molecule is CCc1cc(NCC2CCN(Cc3csc(CC)n3)CC2)nc(C)n1. The van der Waals surface area contributed by atoms with E-state index in [1.54, 1.807) is 11.3 Å². The Balaban J connectivity index is 1.44. The van der Waals surface area contributed by atoms with Crippen molar-refractivity contribution in [1.82, 2.24) is 19.9 Å². The fourth-order valence-corrected chi connectivity index (χ4v) is 4.05. The summed E-state index contributed by atoms with van der Waals surface area (Å²) in [5.74, 6) is 2.55. The molecule has 5 nitrogen and oxygen atoms in total. The molecule has 25 heavy (non-hydrogen) atoms. The van der Waals surface area contributed by atoms with Crippen LogP contribution in [0.25, 0.3) is 0 Å². The summed E-state index contributed by atoms with van der Waals surface area (Å²) in [6, 6.07) is 2.08. The second-order valence-corrected chi connectivity index (χ2v) is 7.77. The van der Waals surface area contributed by atoms with E-state index in [-0.39, 0.29) is 0 Å². The molecule has 3 heterocycles. The summed E-state index contributed by atoms with van der Waals surface area (Å²) in [6.45, 7) is 10.6. The van der Waals surface area contributed by atoms with Crippen molar-refractivity contribution in [3.05, 3.63) is 33.7 Å². The summed E-state index contributed by atoms with van der Waals surface area (Å²) >= 11 is 1.79. The number of nitrogens with one attached hydrogen (secondary N) is 1. The second kappa shape index (κ2) is 8.72. The molecule has 0 bridgehead atoms. The van der Waals surface area contributed by atoms with Crippen LogP contribution in [0.1, 0.15) is 48.9 Å². The number of nitrogens with zero attached hydrogens (tertiary/aromatic N) is 4. The van der Waals surface area contributed by atoms with E-state index in [4.69, 9.17) is 4.98 Å². The third-order valence-electron chi connectivity index (χ3n) is 4.82. The van der Waals surface area contributed by atoms with Gasteiger partial charge in [-0.2, -0.15) is 0 Å². The molecule has 3 rings (SSSR count). The van der Waals surface area contributed by atoms with E-state index in [0.717, 1.165) is 62.3 Å². The van der Waals surface area contributed by atoms with Crippen LogP contribution in [-0.2, 0) is 19.4 Å². The number of hydrogen-bond acceptors (Lipinski definition) is 6. The van der Waals surface area contributed by atoms with Gasteiger partial charge >= 0.3 is 0 Å². The molecule has 1 saturated heterocycles. The normalized spacial score (nSPS) is 16.3. The predicted molar refractivity (Wildman–Crippen MR) is 104 cm³/mol. The van der Waals surface area contributed by atoms with Crippen LogP contribution >= 0.6 is 11.3 Å². The van der Waals surface area contributed by atoms with Crippen molar-refractivity contribution < 1.29 is 0 Å². The van der Waals surface area contributed by atoms with Crippen molar-refractivity contribution in [2.45, 2.75) is 53.0 Å². The minimum atomic E-state index is 0.721. The number of hydrogen-bond donors (Lipinski definition) is 1. The number of piperidine rings is 1. The summed E-state index contributed by atoms with van der Waals surface area (Å²) < 4.78 is 0. The number of likely N-dealkylation sites (tertiary alicyclic amines) is 1. The maximum Gasteiger partial charge on any atom is 0.129 e. The van der Waals surface area contributed by atoms with Crippen LogP contribution < -0.4 is 5.32 Å². The lowest BCUT2D eigenvalue weighted by molar-refractivity contribution is 0.181. The Morgan fingerprint density at radius 3 is 2.60 bits per heavy atom. The molecule has 2 aromatic rings. The fourth-order valence-electron chi connectivity index (χ4n) is 3.31. The molecule has 0 amide bonds. The predicted octanol–water partition coefficient (Wildman–Crippen LogP) is 3.69. The number of thiazole rings is 1. The first kappa shape index (κ1) is 18.3. The highest BCUT2D eigenvalue weighted by molar-refractivity contribution is 7.09. The van der Waals surface area contributed by atoms with Crippen molar-refractivity contribution in [2.75, 3.05) is 25.0 Å². The van der Waals surface area contributed by atoms with E-state index in [9.17, 15) is 0 Å². The van der Waals surface area contributed by atoms with Crippen molar-refractivity contribution in [2.24, 2.45) is 5.92 Å². The van der Waals surface area contributed by atoms with E-state index in [2.05, 4.69) is 45.5 Å². The molecule has 136 valence electrons. The molecule has 2 aromatic heterocycles. The highest BCUT2D eigenvalue weighted by Crippen LogP contribution is 2.20. The van der Waals surface area contributed by atoms with Gasteiger partial charge in [-0.1, -0.05) is 13.8 Å². The molecule has 0 unspecified atom stereocenters. The summed E-state index contributed by atoms with van der Waals surface area (Å²) in [5.41, 5.74) is 2.35. The standard InChI is InChI=1S/C19H29N5S/c1-4-16-10-18(22-14(3)21-16)20-11-15-6-8-24(9-7-15)12-17-13-25-19(5-2)23-17/h10,13,15H,4-9,11-12H2,1-3H3,(H,20,21,22). The summed E-state index contributed by atoms with van der Waals surface area (Å²) in [4.78, 5) is 16.2. The van der Waals surface area contributed by atoms with Gasteiger partial charge in [-0.05, 0) is 51.6 Å². The van der Waals surface area contributed by atoms with Gasteiger partial charge in [0.05, 0.1) is 10.7 Å². The van der Waals surface area contributed by atoms with Crippen molar-refractivity contribution >= 4 is 17.2 Å². The van der Waals surface area contributed by atoms with Gasteiger partial charge in [0.25, 0.3) is 0 Å². The molecule has 1 aliphatic rings. The third kappa shape index (κ3) is 5.22. The molecule has 0 saturated carbocycles. The minimum absolute atomic E-state index is 0.721. The van der Waals surface area contributed by atoms with Gasteiger partial charge in [0.15, 0.2) is 0 Å². The largest absolute Gasteiger partial charge is 0.370 e. The lowest BCUT2D eigenvalue weighted by Gasteiger charge is -2.31. The van der Waals surface area contributed by atoms with Crippen LogP contribution in [0.3, 0.4) is 0 Å². The second-order valence-electron chi connectivity index (χ2n) is 6.83. The molecule has 0 spiro atoms. The van der Waals surface area contributed by atoms with Crippen LogP contribution in [0.5, 0.6) is 0 Å². The van der Waals surface area contributed by atoms with E-state index in [1.807, 2.05) is 6.92 Å². The Bertz CT molecular complexity index is 676. The zero-order valence-electron chi connectivity index (χ0n) is 15.6. The van der Waals surface area contributed by atoms with Gasteiger partial charge < -0.3 is 5.32 Å². The molecule has 0 radical (unpaired) electrons. The molecular weight excluding hydrogens is 330 g/mol. The number of rotatable bonds is 7. The average molecular weight is 360 g/mol. The first-order valence-electron chi connectivity index (χ1n) is 9.40. The Morgan fingerprint density at radius 1 is 1.12 bits per heavy atom. The molecular formula is C19H29N5S. The van der Waals surface area contributed by atoms with Crippen molar-refractivity contribution in [1.29, 1.82) is 0 Å². The smallest absolute Gasteiger partial charge is 0.129 e. The Kier molecular flexibility index (Phi) is 6.37. The monoisotopic (exact) mass is 359 g/mol. The summed E-state index contributed by atoms with van der Waals surface area (Å²) in [5, 5.41) is 6.99. The Morgan fingerprint density at radius 2 is 1.92 bits per heavy atom. The minimum Gasteiger partial charge on any atom is -0.370 e. The van der Waals surface area contributed by atoms with Crippen LogP contribution in [-0.4, -0.2) is 39.5 Å². The summed E-state index contributed by atoms with van der Waals surface area (Å²) in [7, 11) is 0. The van der Waals surface area contributed by atoms with Gasteiger partial charge in [-0.25, -0.2) is 15.0 Å². The highest BCUT2D eigenvalue weighted by atomic mass is 32.1. The van der Waals surface area contributed by atoms with Gasteiger partial charge in [0.1, 0.15) is 11.6 Å². The van der Waals surface area contributed by atoms with Crippen LogP contribution in [0, 0.1) is 12.8 Å². The topological polar surface area (TPSA) is 53.9 Å². The lowest BCUT2D eigenvalue weighted by atomic mass is 9.96. The van der Waals surface area contributed by atoms with Crippen molar-refractivity contribution in [3.8, 4) is 0 Å². The molecule has 6 heteroatoms. The van der Waals surface area contributed by atoms with Gasteiger partial charge in [-0.3, -0.25) is 4.90 Å². The zero-order valence-corrected chi connectivity index (χ0v) is 16.4. The Labute approximate surface area is 154 Å². The Hall–Kier alpha value is -1.53. The highest BCUT2D eigenvalue weighted by Gasteiger charge is 2.20. The molecule has 1 N–H and O–H groups in total. The van der Waals surface area contributed by atoms with Gasteiger partial charge in [0, 0.05) is 30.2 Å². The maximum absolute atomic E-state index is 4.69. The number of aryl methyl sites for hydroxylation is 3. The average Bonchev–Trinajstić information content (AvgIpc) is 3.08. The molecule has 1 fully saturated rings. The molecule has 0 aromatic carbocycles. The van der Waals surface area contributed by atoms with Crippen LogP contribution in [0.2, 0.25) is 0 Å². The van der Waals surface area contributed by atoms with Crippen LogP contribution in [0.4, 0.5) is 5.82 Å². The van der Waals surface area contributed by atoms with E-state index in [1.165, 1.54) is 23.5 Å².